The molecule has 2 fully saturated rings. The molecule has 2 atom stereocenters. The summed E-state index contributed by atoms with van der Waals surface area (Å²) in [6, 6.07) is 0. The fraction of sp³-hybridized carbons (Fsp3) is 0.938. The summed E-state index contributed by atoms with van der Waals surface area (Å²) in [7, 11) is 0. The first-order chi connectivity index (χ1) is 9.25. The van der Waals surface area contributed by atoms with Crippen LogP contribution in [0.5, 0.6) is 0 Å². The van der Waals surface area contributed by atoms with Crippen molar-refractivity contribution in [3.8, 4) is 0 Å². The van der Waals surface area contributed by atoms with Crippen LogP contribution in [-0.4, -0.2) is 25.5 Å². The van der Waals surface area contributed by atoms with E-state index in [-0.39, 0.29) is 18.3 Å². The summed E-state index contributed by atoms with van der Waals surface area (Å²) in [6.07, 6.45) is 10.0. The maximum atomic E-state index is 12.0. The van der Waals surface area contributed by atoms with Crippen LogP contribution < -0.4 is 10.6 Å². The monoisotopic (exact) mass is 302 g/mol. The number of carbonyl (C=O) groups is 1. The lowest BCUT2D eigenvalue weighted by Crippen LogP contribution is -2.38. The normalized spacial score (nSPS) is 25.6. The van der Waals surface area contributed by atoms with E-state index in [1.165, 1.54) is 44.9 Å². The number of amides is 1. The van der Waals surface area contributed by atoms with E-state index in [1.807, 2.05) is 0 Å². The van der Waals surface area contributed by atoms with Crippen molar-refractivity contribution in [1.29, 1.82) is 0 Å². The van der Waals surface area contributed by atoms with Crippen molar-refractivity contribution in [1.82, 2.24) is 10.6 Å². The molecule has 2 rings (SSSR count). The summed E-state index contributed by atoms with van der Waals surface area (Å²) in [5.74, 6) is 2.26. The van der Waals surface area contributed by atoms with Gasteiger partial charge < -0.3 is 10.6 Å². The summed E-state index contributed by atoms with van der Waals surface area (Å²) >= 11 is 0. The summed E-state index contributed by atoms with van der Waals surface area (Å²) in [6.45, 7) is 5.34. The lowest BCUT2D eigenvalue weighted by molar-refractivity contribution is -0.122. The Labute approximate surface area is 130 Å². The molecule has 1 saturated heterocycles. The van der Waals surface area contributed by atoms with Gasteiger partial charge in [0.1, 0.15) is 0 Å². The molecular weight excluding hydrogens is 272 g/mol. The van der Waals surface area contributed by atoms with Gasteiger partial charge in [-0.25, -0.2) is 0 Å². The van der Waals surface area contributed by atoms with Crippen LogP contribution in [0.1, 0.15) is 58.3 Å². The Bertz CT molecular complexity index is 274. The van der Waals surface area contributed by atoms with Crippen molar-refractivity contribution in [3.05, 3.63) is 0 Å². The van der Waals surface area contributed by atoms with E-state index < -0.39 is 0 Å². The smallest absolute Gasteiger partial charge is 0.220 e. The van der Waals surface area contributed by atoms with E-state index in [2.05, 4.69) is 17.6 Å². The second-order valence-corrected chi connectivity index (χ2v) is 6.60. The highest BCUT2D eigenvalue weighted by Gasteiger charge is 2.22. The molecule has 1 saturated carbocycles. The van der Waals surface area contributed by atoms with Crippen molar-refractivity contribution >= 4 is 18.3 Å². The van der Waals surface area contributed by atoms with E-state index in [0.717, 1.165) is 32.0 Å². The van der Waals surface area contributed by atoms with Gasteiger partial charge in [-0.05, 0) is 43.7 Å². The van der Waals surface area contributed by atoms with Crippen molar-refractivity contribution in [2.75, 3.05) is 19.6 Å². The molecule has 0 bridgehead atoms. The zero-order valence-corrected chi connectivity index (χ0v) is 13.6. The Hall–Kier alpha value is -0.280. The van der Waals surface area contributed by atoms with Gasteiger partial charge in [0.05, 0.1) is 0 Å². The van der Waals surface area contributed by atoms with Crippen LogP contribution >= 0.6 is 12.4 Å². The lowest BCUT2D eigenvalue weighted by Gasteiger charge is -2.28. The number of halogens is 1. The lowest BCUT2D eigenvalue weighted by atomic mass is 9.79. The van der Waals surface area contributed by atoms with Gasteiger partial charge >= 0.3 is 0 Å². The summed E-state index contributed by atoms with van der Waals surface area (Å²) < 4.78 is 0. The molecule has 118 valence electrons. The second-order valence-electron chi connectivity index (χ2n) is 6.60. The topological polar surface area (TPSA) is 41.1 Å². The molecule has 1 amide bonds. The molecule has 1 aliphatic heterocycles. The van der Waals surface area contributed by atoms with E-state index in [9.17, 15) is 4.79 Å². The van der Waals surface area contributed by atoms with Crippen molar-refractivity contribution in [2.45, 2.75) is 58.3 Å². The highest BCUT2D eigenvalue weighted by molar-refractivity contribution is 5.85. The summed E-state index contributed by atoms with van der Waals surface area (Å²) in [5, 5.41) is 6.54. The third kappa shape index (κ3) is 6.01. The highest BCUT2D eigenvalue weighted by Crippen LogP contribution is 2.31. The van der Waals surface area contributed by atoms with Crippen LogP contribution in [0.25, 0.3) is 0 Å². The van der Waals surface area contributed by atoms with Crippen LogP contribution in [0.2, 0.25) is 0 Å². The number of hydrogen-bond acceptors (Lipinski definition) is 2. The third-order valence-electron chi connectivity index (χ3n) is 4.95. The Balaban J connectivity index is 0.00000200. The molecule has 0 spiro atoms. The molecule has 2 aliphatic rings. The Kier molecular flexibility index (Phi) is 8.55. The largest absolute Gasteiger partial charge is 0.356 e. The van der Waals surface area contributed by atoms with Gasteiger partial charge in [0.25, 0.3) is 0 Å². The molecule has 0 aromatic rings. The molecule has 0 radical (unpaired) electrons. The predicted molar refractivity (Wildman–Crippen MR) is 86.2 cm³/mol. The van der Waals surface area contributed by atoms with E-state index >= 15 is 0 Å². The predicted octanol–water partition coefficient (Wildman–Crippen LogP) is 3.13. The number of piperidine rings is 1. The number of hydrogen-bond donors (Lipinski definition) is 2. The summed E-state index contributed by atoms with van der Waals surface area (Å²) in [5.41, 5.74) is 0. The molecule has 20 heavy (non-hydrogen) atoms. The molecule has 2 N–H and O–H groups in total. The van der Waals surface area contributed by atoms with E-state index in [0.29, 0.717) is 11.8 Å². The Morgan fingerprint density at radius 3 is 2.60 bits per heavy atom. The van der Waals surface area contributed by atoms with Crippen LogP contribution in [0.3, 0.4) is 0 Å². The standard InChI is InChI=1S/C16H30N2O.ClH/c1-13(15-7-3-2-4-8-15)10-16(19)18-12-14-6-5-9-17-11-14;/h13-15,17H,2-12H2,1H3,(H,18,19);1H. The number of rotatable bonds is 5. The average Bonchev–Trinajstić information content (AvgIpc) is 2.47. The first-order valence-corrected chi connectivity index (χ1v) is 8.23. The quantitative estimate of drug-likeness (QED) is 0.819. The number of nitrogens with one attached hydrogen (secondary N) is 2. The Morgan fingerprint density at radius 2 is 1.95 bits per heavy atom. The molecular formula is C16H31ClN2O. The van der Waals surface area contributed by atoms with Gasteiger partial charge in [-0.1, -0.05) is 39.0 Å². The van der Waals surface area contributed by atoms with Gasteiger partial charge in [-0.2, -0.15) is 0 Å². The van der Waals surface area contributed by atoms with Crippen LogP contribution in [-0.2, 0) is 4.79 Å². The SMILES string of the molecule is CC(CC(=O)NCC1CCCNC1)C1CCCCC1.Cl. The molecule has 4 heteroatoms. The zero-order chi connectivity index (χ0) is 13.5. The minimum Gasteiger partial charge on any atom is -0.356 e. The van der Waals surface area contributed by atoms with E-state index in [4.69, 9.17) is 0 Å². The molecule has 0 aromatic heterocycles. The zero-order valence-electron chi connectivity index (χ0n) is 12.8. The van der Waals surface area contributed by atoms with Gasteiger partial charge in [0.2, 0.25) is 5.91 Å². The van der Waals surface area contributed by atoms with Crippen LogP contribution in [0.15, 0.2) is 0 Å². The Morgan fingerprint density at radius 1 is 1.20 bits per heavy atom. The minimum atomic E-state index is 0. The van der Waals surface area contributed by atoms with Gasteiger partial charge in [-0.3, -0.25) is 4.79 Å². The molecule has 0 aromatic carbocycles. The van der Waals surface area contributed by atoms with Gasteiger partial charge in [0.15, 0.2) is 0 Å². The first kappa shape index (κ1) is 17.8. The minimum absolute atomic E-state index is 0. The van der Waals surface area contributed by atoms with Crippen LogP contribution in [0, 0.1) is 17.8 Å². The first-order valence-electron chi connectivity index (χ1n) is 8.23. The molecule has 1 aliphatic carbocycles. The fourth-order valence-electron chi connectivity index (χ4n) is 3.59. The molecule has 3 nitrogen and oxygen atoms in total. The van der Waals surface area contributed by atoms with Crippen LogP contribution in [0.4, 0.5) is 0 Å². The molecule has 1 heterocycles. The fourth-order valence-corrected chi connectivity index (χ4v) is 3.59. The van der Waals surface area contributed by atoms with Crippen molar-refractivity contribution < 1.29 is 4.79 Å². The maximum Gasteiger partial charge on any atom is 0.220 e. The maximum absolute atomic E-state index is 12.0. The van der Waals surface area contributed by atoms with Gasteiger partial charge in [-0.15, -0.1) is 12.4 Å². The van der Waals surface area contributed by atoms with Gasteiger partial charge in [0, 0.05) is 13.0 Å². The number of carbonyl (C=O) groups excluding carboxylic acids is 1. The van der Waals surface area contributed by atoms with Crippen molar-refractivity contribution in [2.24, 2.45) is 17.8 Å². The second kappa shape index (κ2) is 9.62. The highest BCUT2D eigenvalue weighted by atomic mass is 35.5. The summed E-state index contributed by atoms with van der Waals surface area (Å²) in [4.78, 5) is 12.0. The van der Waals surface area contributed by atoms with Crippen molar-refractivity contribution in [3.63, 3.8) is 0 Å². The molecule has 2 unspecified atom stereocenters. The van der Waals surface area contributed by atoms with E-state index in [1.54, 1.807) is 0 Å². The average molecular weight is 303 g/mol. The third-order valence-corrected chi connectivity index (χ3v) is 4.95.